The summed E-state index contributed by atoms with van der Waals surface area (Å²) in [6.07, 6.45) is 0. The number of amides is 1. The Hall–Kier alpha value is -1.55. The second kappa shape index (κ2) is 4.99. The Morgan fingerprint density at radius 1 is 1.44 bits per heavy atom. The van der Waals surface area contributed by atoms with Crippen LogP contribution in [0.2, 0.25) is 0 Å². The number of methoxy groups -OCH3 is 1. The standard InChI is InChI=1S/C12H18N2O2/c1-7-5-8(2)11(10(6-7)16-4)9(3)12(15)14-13/h5-6,9H,13H2,1-4H3,(H,14,15). The molecule has 1 unspecified atom stereocenters. The lowest BCUT2D eigenvalue weighted by atomic mass is 9.93. The van der Waals surface area contributed by atoms with Crippen molar-refractivity contribution in [2.24, 2.45) is 5.84 Å². The van der Waals surface area contributed by atoms with E-state index >= 15 is 0 Å². The van der Waals surface area contributed by atoms with Gasteiger partial charge in [-0.25, -0.2) is 5.84 Å². The first-order valence-electron chi connectivity index (χ1n) is 5.16. The minimum Gasteiger partial charge on any atom is -0.496 e. The third-order valence-electron chi connectivity index (χ3n) is 2.68. The molecule has 16 heavy (non-hydrogen) atoms. The Bertz CT molecular complexity index is 402. The van der Waals surface area contributed by atoms with Crippen molar-refractivity contribution in [1.29, 1.82) is 0 Å². The lowest BCUT2D eigenvalue weighted by Gasteiger charge is -2.17. The summed E-state index contributed by atoms with van der Waals surface area (Å²) >= 11 is 0. The molecule has 0 aliphatic carbocycles. The molecular formula is C12H18N2O2. The van der Waals surface area contributed by atoms with Crippen LogP contribution in [-0.2, 0) is 4.79 Å². The molecule has 1 aromatic carbocycles. The molecule has 0 fully saturated rings. The van der Waals surface area contributed by atoms with E-state index < -0.39 is 0 Å². The van der Waals surface area contributed by atoms with Crippen LogP contribution >= 0.6 is 0 Å². The number of ether oxygens (including phenoxy) is 1. The smallest absolute Gasteiger partial charge is 0.241 e. The fourth-order valence-corrected chi connectivity index (χ4v) is 1.92. The van der Waals surface area contributed by atoms with Crippen LogP contribution in [0.15, 0.2) is 12.1 Å². The molecule has 0 aliphatic heterocycles. The Morgan fingerprint density at radius 2 is 2.06 bits per heavy atom. The highest BCUT2D eigenvalue weighted by Gasteiger charge is 2.20. The highest BCUT2D eigenvalue weighted by molar-refractivity contribution is 5.84. The average Bonchev–Trinajstić information content (AvgIpc) is 2.26. The van der Waals surface area contributed by atoms with Gasteiger partial charge in [0.05, 0.1) is 13.0 Å². The van der Waals surface area contributed by atoms with E-state index in [9.17, 15) is 4.79 Å². The highest BCUT2D eigenvalue weighted by atomic mass is 16.5. The van der Waals surface area contributed by atoms with Gasteiger partial charge in [0.1, 0.15) is 5.75 Å². The summed E-state index contributed by atoms with van der Waals surface area (Å²) in [4.78, 5) is 11.5. The molecule has 0 spiro atoms. The molecule has 0 saturated heterocycles. The molecule has 0 aliphatic rings. The number of hydrogen-bond acceptors (Lipinski definition) is 3. The molecule has 4 nitrogen and oxygen atoms in total. The molecule has 0 heterocycles. The van der Waals surface area contributed by atoms with Crippen molar-refractivity contribution >= 4 is 5.91 Å². The van der Waals surface area contributed by atoms with Gasteiger partial charge in [0.2, 0.25) is 5.91 Å². The number of hydrazine groups is 1. The molecule has 3 N–H and O–H groups in total. The zero-order chi connectivity index (χ0) is 12.3. The van der Waals surface area contributed by atoms with Crippen LogP contribution in [0.3, 0.4) is 0 Å². The van der Waals surface area contributed by atoms with E-state index in [2.05, 4.69) is 5.43 Å². The van der Waals surface area contributed by atoms with Gasteiger partial charge in [0.15, 0.2) is 0 Å². The fraction of sp³-hybridized carbons (Fsp3) is 0.417. The van der Waals surface area contributed by atoms with E-state index in [1.165, 1.54) is 0 Å². The zero-order valence-corrected chi connectivity index (χ0v) is 10.1. The molecule has 1 aromatic rings. The van der Waals surface area contributed by atoms with Crippen LogP contribution in [0.5, 0.6) is 5.75 Å². The zero-order valence-electron chi connectivity index (χ0n) is 10.1. The molecule has 4 heteroatoms. The lowest BCUT2D eigenvalue weighted by Crippen LogP contribution is -2.34. The summed E-state index contributed by atoms with van der Waals surface area (Å²) in [5.41, 5.74) is 5.19. The predicted molar refractivity (Wildman–Crippen MR) is 63.2 cm³/mol. The molecule has 0 radical (unpaired) electrons. The summed E-state index contributed by atoms with van der Waals surface area (Å²) in [5, 5.41) is 0. The quantitative estimate of drug-likeness (QED) is 0.461. The Balaban J connectivity index is 3.26. The second-order valence-electron chi connectivity index (χ2n) is 3.93. The van der Waals surface area contributed by atoms with E-state index in [1.54, 1.807) is 7.11 Å². The van der Waals surface area contributed by atoms with Crippen molar-refractivity contribution in [1.82, 2.24) is 5.43 Å². The number of nitrogens with two attached hydrogens (primary N) is 1. The number of hydrogen-bond donors (Lipinski definition) is 2. The van der Waals surface area contributed by atoms with Gasteiger partial charge in [-0.05, 0) is 38.0 Å². The average molecular weight is 222 g/mol. The van der Waals surface area contributed by atoms with E-state index in [0.717, 1.165) is 22.4 Å². The third-order valence-corrected chi connectivity index (χ3v) is 2.68. The first-order chi connectivity index (χ1) is 7.51. The fourth-order valence-electron chi connectivity index (χ4n) is 1.92. The van der Waals surface area contributed by atoms with Crippen LogP contribution in [0.1, 0.15) is 29.5 Å². The lowest BCUT2D eigenvalue weighted by molar-refractivity contribution is -0.122. The van der Waals surface area contributed by atoms with Crippen molar-refractivity contribution < 1.29 is 9.53 Å². The number of carbonyl (C=O) groups excluding carboxylic acids is 1. The molecule has 0 bridgehead atoms. The number of nitrogens with one attached hydrogen (secondary N) is 1. The number of rotatable bonds is 3. The van der Waals surface area contributed by atoms with E-state index in [4.69, 9.17) is 10.6 Å². The third kappa shape index (κ3) is 2.33. The van der Waals surface area contributed by atoms with Gasteiger partial charge in [0.25, 0.3) is 0 Å². The molecule has 1 rings (SSSR count). The first-order valence-corrected chi connectivity index (χ1v) is 5.16. The van der Waals surface area contributed by atoms with Crippen LogP contribution in [0.25, 0.3) is 0 Å². The van der Waals surface area contributed by atoms with Crippen LogP contribution < -0.4 is 16.0 Å². The van der Waals surface area contributed by atoms with Crippen LogP contribution in [-0.4, -0.2) is 13.0 Å². The maximum atomic E-state index is 11.5. The van der Waals surface area contributed by atoms with Gasteiger partial charge in [-0.3, -0.25) is 10.2 Å². The topological polar surface area (TPSA) is 64.3 Å². The molecule has 0 saturated carbocycles. The second-order valence-corrected chi connectivity index (χ2v) is 3.93. The van der Waals surface area contributed by atoms with Gasteiger partial charge in [0, 0.05) is 5.56 Å². The molecule has 1 amide bonds. The summed E-state index contributed by atoms with van der Waals surface area (Å²) in [7, 11) is 1.60. The van der Waals surface area contributed by atoms with Crippen LogP contribution in [0.4, 0.5) is 0 Å². The van der Waals surface area contributed by atoms with E-state index in [0.29, 0.717) is 0 Å². The van der Waals surface area contributed by atoms with E-state index in [1.807, 2.05) is 32.9 Å². The van der Waals surface area contributed by atoms with Crippen molar-refractivity contribution in [3.63, 3.8) is 0 Å². The molecular weight excluding hydrogens is 204 g/mol. The Labute approximate surface area is 95.8 Å². The van der Waals surface area contributed by atoms with Crippen molar-refractivity contribution in [3.8, 4) is 5.75 Å². The Morgan fingerprint density at radius 3 is 2.56 bits per heavy atom. The molecule has 88 valence electrons. The van der Waals surface area contributed by atoms with Crippen molar-refractivity contribution in [3.05, 3.63) is 28.8 Å². The van der Waals surface area contributed by atoms with Crippen LogP contribution in [0, 0.1) is 13.8 Å². The molecule has 1 atom stereocenters. The SMILES string of the molecule is COc1cc(C)cc(C)c1C(C)C(=O)NN. The van der Waals surface area contributed by atoms with Gasteiger partial charge in [-0.15, -0.1) is 0 Å². The van der Waals surface area contributed by atoms with Gasteiger partial charge < -0.3 is 4.74 Å². The Kier molecular flexibility index (Phi) is 3.90. The number of aryl methyl sites for hydroxylation is 2. The van der Waals surface area contributed by atoms with Crippen molar-refractivity contribution in [2.75, 3.05) is 7.11 Å². The van der Waals surface area contributed by atoms with E-state index in [-0.39, 0.29) is 11.8 Å². The maximum Gasteiger partial charge on any atom is 0.241 e. The maximum absolute atomic E-state index is 11.5. The summed E-state index contributed by atoms with van der Waals surface area (Å²) < 4.78 is 5.30. The minimum absolute atomic E-state index is 0.217. The minimum atomic E-state index is -0.319. The monoisotopic (exact) mass is 222 g/mol. The molecule has 0 aromatic heterocycles. The summed E-state index contributed by atoms with van der Waals surface area (Å²) in [6.45, 7) is 5.76. The summed E-state index contributed by atoms with van der Waals surface area (Å²) in [5.74, 6) is 5.34. The number of benzene rings is 1. The normalized spacial score (nSPS) is 12.1. The van der Waals surface area contributed by atoms with Gasteiger partial charge >= 0.3 is 0 Å². The summed E-state index contributed by atoms with van der Waals surface area (Å²) in [6, 6.07) is 3.95. The predicted octanol–water partition coefficient (Wildman–Crippen LogP) is 1.41. The van der Waals surface area contributed by atoms with Crippen molar-refractivity contribution in [2.45, 2.75) is 26.7 Å². The largest absolute Gasteiger partial charge is 0.496 e. The first kappa shape index (κ1) is 12.5. The van der Waals surface area contributed by atoms with Gasteiger partial charge in [-0.1, -0.05) is 6.07 Å². The number of carbonyl (C=O) groups is 1. The highest BCUT2D eigenvalue weighted by Crippen LogP contribution is 2.31. The van der Waals surface area contributed by atoms with Gasteiger partial charge in [-0.2, -0.15) is 0 Å².